The smallest absolute Gasteiger partial charge is 0.330 e. The third kappa shape index (κ3) is 6.45. The number of carbonyl (C=O) groups excluding carboxylic acids is 2. The first-order valence-electron chi connectivity index (χ1n) is 4.25. The molecule has 0 saturated heterocycles. The lowest BCUT2D eigenvalue weighted by Gasteiger charge is -2.14. The van der Waals surface area contributed by atoms with Gasteiger partial charge < -0.3 is 14.2 Å². The van der Waals surface area contributed by atoms with Gasteiger partial charge in [0.2, 0.25) is 0 Å². The highest BCUT2D eigenvalue weighted by atomic mass is 16.6. The minimum atomic E-state index is -0.549. The Balaban J connectivity index is 3.82. The van der Waals surface area contributed by atoms with Gasteiger partial charge in [0, 0.05) is 19.3 Å². The summed E-state index contributed by atoms with van der Waals surface area (Å²) in [5.74, 6) is -1.10. The molecule has 0 bridgehead atoms. The van der Waals surface area contributed by atoms with Gasteiger partial charge in [0.15, 0.2) is 0 Å². The van der Waals surface area contributed by atoms with Crippen LogP contribution >= 0.6 is 0 Å². The number of ether oxygens (including phenoxy) is 3. The van der Waals surface area contributed by atoms with Gasteiger partial charge >= 0.3 is 11.9 Å². The van der Waals surface area contributed by atoms with Gasteiger partial charge in [-0.3, -0.25) is 0 Å². The molecule has 0 aromatic carbocycles. The van der Waals surface area contributed by atoms with Gasteiger partial charge in [-0.15, -0.1) is 0 Å². The molecule has 0 spiro atoms. The van der Waals surface area contributed by atoms with Crippen LogP contribution in [-0.4, -0.2) is 38.4 Å². The molecule has 0 aliphatic heterocycles. The van der Waals surface area contributed by atoms with Crippen molar-refractivity contribution in [3.8, 4) is 0 Å². The van der Waals surface area contributed by atoms with Crippen LogP contribution in [0.1, 0.15) is 0 Å². The predicted octanol–water partition coefficient (Wildman–Crippen LogP) is 0.460. The Hall–Kier alpha value is -1.62. The minimum Gasteiger partial charge on any atom is -0.460 e. The molecule has 0 unspecified atom stereocenters. The van der Waals surface area contributed by atoms with Gasteiger partial charge in [-0.05, 0) is 0 Å². The molecule has 0 rings (SSSR count). The van der Waals surface area contributed by atoms with E-state index in [-0.39, 0.29) is 13.2 Å². The first-order valence-corrected chi connectivity index (χ1v) is 4.25. The van der Waals surface area contributed by atoms with E-state index >= 15 is 0 Å². The summed E-state index contributed by atoms with van der Waals surface area (Å²) in [5, 5.41) is 0. The van der Waals surface area contributed by atoms with E-state index in [4.69, 9.17) is 14.2 Å². The fraction of sp³-hybridized carbons (Fsp3) is 0.400. The first-order chi connectivity index (χ1) is 7.13. The topological polar surface area (TPSA) is 61.8 Å². The van der Waals surface area contributed by atoms with E-state index in [1.54, 1.807) is 0 Å². The van der Waals surface area contributed by atoms with Crippen molar-refractivity contribution < 1.29 is 23.8 Å². The maximum Gasteiger partial charge on any atom is 0.330 e. The van der Waals surface area contributed by atoms with E-state index in [0.717, 1.165) is 12.2 Å². The summed E-state index contributed by atoms with van der Waals surface area (Å²) >= 11 is 0. The molecule has 0 atom stereocenters. The summed E-state index contributed by atoms with van der Waals surface area (Å²) in [6.07, 6.45) is 1.60. The van der Waals surface area contributed by atoms with Crippen LogP contribution < -0.4 is 0 Å². The Bertz CT molecular complexity index is 222. The lowest BCUT2D eigenvalue weighted by Crippen LogP contribution is -2.26. The van der Waals surface area contributed by atoms with E-state index in [1.165, 1.54) is 7.11 Å². The molecule has 5 nitrogen and oxygen atoms in total. The fourth-order valence-electron chi connectivity index (χ4n) is 0.652. The summed E-state index contributed by atoms with van der Waals surface area (Å²) in [6, 6.07) is 0. The Morgan fingerprint density at radius 1 is 1.13 bits per heavy atom. The molecule has 0 fully saturated rings. The average molecular weight is 214 g/mol. The number of esters is 2. The van der Waals surface area contributed by atoms with Crippen LogP contribution in [0.15, 0.2) is 25.3 Å². The van der Waals surface area contributed by atoms with Crippen molar-refractivity contribution in [2.45, 2.75) is 6.10 Å². The van der Waals surface area contributed by atoms with Gasteiger partial charge in [0.1, 0.15) is 19.3 Å². The van der Waals surface area contributed by atoms with Gasteiger partial charge in [0.05, 0.1) is 0 Å². The molecular weight excluding hydrogens is 200 g/mol. The van der Waals surface area contributed by atoms with Crippen LogP contribution in [0.3, 0.4) is 0 Å². The highest BCUT2D eigenvalue weighted by Crippen LogP contribution is 1.95. The highest BCUT2D eigenvalue weighted by molar-refractivity contribution is 5.81. The summed E-state index contributed by atoms with van der Waals surface area (Å²) in [5.41, 5.74) is 0. The van der Waals surface area contributed by atoms with Crippen LogP contribution in [0.2, 0.25) is 0 Å². The summed E-state index contributed by atoms with van der Waals surface area (Å²) in [7, 11) is 1.42. The molecule has 0 aromatic heterocycles. The number of methoxy groups -OCH3 is 1. The molecule has 84 valence electrons. The lowest BCUT2D eigenvalue weighted by molar-refractivity contribution is -0.147. The molecule has 5 heteroatoms. The molecule has 0 aromatic rings. The third-order valence-electron chi connectivity index (χ3n) is 1.49. The average Bonchev–Trinajstić information content (AvgIpc) is 2.28. The molecule has 0 heterocycles. The van der Waals surface area contributed by atoms with E-state index in [1.807, 2.05) is 0 Å². The van der Waals surface area contributed by atoms with E-state index in [9.17, 15) is 9.59 Å². The second-order valence-corrected chi connectivity index (χ2v) is 2.53. The van der Waals surface area contributed by atoms with Crippen molar-refractivity contribution in [1.82, 2.24) is 0 Å². The van der Waals surface area contributed by atoms with Crippen LogP contribution in [0.25, 0.3) is 0 Å². The Morgan fingerprint density at radius 2 is 1.53 bits per heavy atom. The van der Waals surface area contributed by atoms with Crippen molar-refractivity contribution in [3.05, 3.63) is 25.3 Å². The molecule has 0 N–H and O–H groups in total. The molecule has 15 heavy (non-hydrogen) atoms. The monoisotopic (exact) mass is 214 g/mol. The fourth-order valence-corrected chi connectivity index (χ4v) is 0.652. The molecule has 0 saturated carbocycles. The number of carbonyl (C=O) groups is 2. The Kier molecular flexibility index (Phi) is 6.92. The highest BCUT2D eigenvalue weighted by Gasteiger charge is 2.11. The van der Waals surface area contributed by atoms with Crippen molar-refractivity contribution in [2.24, 2.45) is 0 Å². The molecule has 0 amide bonds. The van der Waals surface area contributed by atoms with E-state index in [2.05, 4.69) is 13.2 Å². The largest absolute Gasteiger partial charge is 0.460 e. The molecular formula is C10H14O5. The second-order valence-electron chi connectivity index (χ2n) is 2.53. The van der Waals surface area contributed by atoms with Crippen LogP contribution in [0.5, 0.6) is 0 Å². The Morgan fingerprint density at radius 3 is 1.80 bits per heavy atom. The van der Waals surface area contributed by atoms with E-state index < -0.39 is 18.0 Å². The van der Waals surface area contributed by atoms with Crippen molar-refractivity contribution in [2.75, 3.05) is 20.3 Å². The zero-order chi connectivity index (χ0) is 11.7. The lowest BCUT2D eigenvalue weighted by atomic mass is 10.4. The van der Waals surface area contributed by atoms with Crippen LogP contribution in [0.4, 0.5) is 0 Å². The van der Waals surface area contributed by atoms with E-state index in [0.29, 0.717) is 0 Å². The zero-order valence-corrected chi connectivity index (χ0v) is 8.60. The van der Waals surface area contributed by atoms with Crippen molar-refractivity contribution >= 4 is 11.9 Å². The van der Waals surface area contributed by atoms with Crippen LogP contribution in [0, 0.1) is 0 Å². The van der Waals surface area contributed by atoms with Crippen molar-refractivity contribution in [3.63, 3.8) is 0 Å². The molecule has 0 aliphatic rings. The second kappa shape index (κ2) is 7.75. The van der Waals surface area contributed by atoms with Gasteiger partial charge in [0.25, 0.3) is 0 Å². The third-order valence-corrected chi connectivity index (χ3v) is 1.49. The maximum atomic E-state index is 10.7. The SMILES string of the molecule is C=CC(=O)OCC(COC(=O)C=C)OC. The van der Waals surface area contributed by atoms with Crippen LogP contribution in [-0.2, 0) is 23.8 Å². The standard InChI is InChI=1S/C10H14O5/c1-4-9(11)14-6-8(13-3)7-15-10(12)5-2/h4-5,8H,1-2,6-7H2,3H3. The first kappa shape index (κ1) is 13.4. The number of rotatable bonds is 7. The van der Waals surface area contributed by atoms with Gasteiger partial charge in [-0.1, -0.05) is 13.2 Å². The summed E-state index contributed by atoms with van der Waals surface area (Å²) in [6.45, 7) is 6.49. The molecule has 0 aliphatic carbocycles. The van der Waals surface area contributed by atoms with Crippen molar-refractivity contribution in [1.29, 1.82) is 0 Å². The predicted molar refractivity (Wildman–Crippen MR) is 53.1 cm³/mol. The normalized spacial score (nSPS) is 9.47. The number of hydrogen-bond donors (Lipinski definition) is 0. The summed E-state index contributed by atoms with van der Waals surface area (Å²) < 4.78 is 14.3. The Labute approximate surface area is 88.3 Å². The summed E-state index contributed by atoms with van der Waals surface area (Å²) in [4.78, 5) is 21.4. The minimum absolute atomic E-state index is 0.00573. The van der Waals surface area contributed by atoms with Gasteiger partial charge in [-0.25, -0.2) is 9.59 Å². The van der Waals surface area contributed by atoms with Gasteiger partial charge in [-0.2, -0.15) is 0 Å². The molecule has 0 radical (unpaired) electrons. The quantitative estimate of drug-likeness (QED) is 0.455. The number of hydrogen-bond acceptors (Lipinski definition) is 5. The maximum absolute atomic E-state index is 10.7. The zero-order valence-electron chi connectivity index (χ0n) is 8.60.